The fourth-order valence-corrected chi connectivity index (χ4v) is 3.69. The lowest BCUT2D eigenvalue weighted by Gasteiger charge is -2.32. The molecule has 0 spiro atoms. The zero-order chi connectivity index (χ0) is 12.4. The standard InChI is InChI=1S/C14H27N3O/c15-14-11-18-10-12(14)8-16-7-4-13(9-16)17-5-2-1-3-6-17/h12-14H,1-11,15H2. The maximum atomic E-state index is 6.07. The molecule has 0 saturated carbocycles. The van der Waals surface area contributed by atoms with Crippen molar-refractivity contribution in [3.63, 3.8) is 0 Å². The summed E-state index contributed by atoms with van der Waals surface area (Å²) in [6.07, 6.45) is 5.58. The average Bonchev–Trinajstić information content (AvgIpc) is 3.02. The van der Waals surface area contributed by atoms with Gasteiger partial charge in [-0.25, -0.2) is 0 Å². The van der Waals surface area contributed by atoms with Gasteiger partial charge in [-0.2, -0.15) is 0 Å². The van der Waals surface area contributed by atoms with E-state index >= 15 is 0 Å². The molecule has 0 aromatic heterocycles. The molecule has 4 heteroatoms. The maximum Gasteiger partial charge on any atom is 0.0621 e. The molecule has 2 N–H and O–H groups in total. The monoisotopic (exact) mass is 253 g/mol. The molecule has 104 valence electrons. The first kappa shape index (κ1) is 12.9. The van der Waals surface area contributed by atoms with Gasteiger partial charge in [-0.05, 0) is 38.9 Å². The van der Waals surface area contributed by atoms with Crippen LogP contribution in [0.5, 0.6) is 0 Å². The maximum absolute atomic E-state index is 6.07. The minimum absolute atomic E-state index is 0.263. The predicted molar refractivity (Wildman–Crippen MR) is 72.6 cm³/mol. The summed E-state index contributed by atoms with van der Waals surface area (Å²) in [5.41, 5.74) is 6.07. The Morgan fingerprint density at radius 3 is 2.61 bits per heavy atom. The molecule has 3 unspecified atom stereocenters. The molecule has 0 aliphatic carbocycles. The van der Waals surface area contributed by atoms with E-state index in [1.165, 1.54) is 51.9 Å². The Morgan fingerprint density at radius 2 is 1.89 bits per heavy atom. The van der Waals surface area contributed by atoms with Crippen molar-refractivity contribution in [1.29, 1.82) is 0 Å². The van der Waals surface area contributed by atoms with Crippen molar-refractivity contribution in [3.05, 3.63) is 0 Å². The first-order valence-corrected chi connectivity index (χ1v) is 7.62. The van der Waals surface area contributed by atoms with Gasteiger partial charge in [0.05, 0.1) is 13.2 Å². The third-order valence-electron chi connectivity index (χ3n) is 4.89. The van der Waals surface area contributed by atoms with Crippen LogP contribution in [0, 0.1) is 5.92 Å². The minimum Gasteiger partial charge on any atom is -0.379 e. The Hall–Kier alpha value is -0.160. The molecule has 0 amide bonds. The fourth-order valence-electron chi connectivity index (χ4n) is 3.69. The van der Waals surface area contributed by atoms with E-state index in [4.69, 9.17) is 10.5 Å². The van der Waals surface area contributed by atoms with Crippen LogP contribution >= 0.6 is 0 Å². The van der Waals surface area contributed by atoms with Gasteiger partial charge in [0.1, 0.15) is 0 Å². The van der Waals surface area contributed by atoms with Gasteiger partial charge in [0.15, 0.2) is 0 Å². The van der Waals surface area contributed by atoms with Gasteiger partial charge in [0, 0.05) is 31.1 Å². The Balaban J connectivity index is 1.46. The van der Waals surface area contributed by atoms with Gasteiger partial charge in [-0.3, -0.25) is 4.90 Å². The van der Waals surface area contributed by atoms with E-state index in [1.54, 1.807) is 0 Å². The van der Waals surface area contributed by atoms with Gasteiger partial charge in [0.2, 0.25) is 0 Å². The summed E-state index contributed by atoms with van der Waals surface area (Å²) in [5.74, 6) is 0.560. The number of rotatable bonds is 3. The molecular weight excluding hydrogens is 226 g/mol. The molecule has 3 aliphatic rings. The Bertz CT molecular complexity index is 268. The van der Waals surface area contributed by atoms with E-state index in [-0.39, 0.29) is 6.04 Å². The average molecular weight is 253 g/mol. The van der Waals surface area contributed by atoms with E-state index in [2.05, 4.69) is 9.80 Å². The number of likely N-dealkylation sites (tertiary alicyclic amines) is 2. The number of nitrogens with two attached hydrogens (primary N) is 1. The smallest absolute Gasteiger partial charge is 0.0621 e. The van der Waals surface area contributed by atoms with Crippen LogP contribution in [-0.4, -0.2) is 67.8 Å². The molecule has 3 heterocycles. The second-order valence-electron chi connectivity index (χ2n) is 6.26. The lowest BCUT2D eigenvalue weighted by Crippen LogP contribution is -2.42. The van der Waals surface area contributed by atoms with Crippen molar-refractivity contribution >= 4 is 0 Å². The van der Waals surface area contributed by atoms with Gasteiger partial charge >= 0.3 is 0 Å². The zero-order valence-corrected chi connectivity index (χ0v) is 11.4. The van der Waals surface area contributed by atoms with Crippen LogP contribution in [-0.2, 0) is 4.74 Å². The third-order valence-corrected chi connectivity index (χ3v) is 4.89. The van der Waals surface area contributed by atoms with E-state index in [1.807, 2.05) is 0 Å². The van der Waals surface area contributed by atoms with Gasteiger partial charge in [-0.15, -0.1) is 0 Å². The molecule has 0 radical (unpaired) electrons. The molecule has 3 atom stereocenters. The lowest BCUT2D eigenvalue weighted by molar-refractivity contribution is 0.152. The number of nitrogens with zero attached hydrogens (tertiary/aromatic N) is 2. The Labute approximate surface area is 110 Å². The summed E-state index contributed by atoms with van der Waals surface area (Å²) in [4.78, 5) is 5.33. The SMILES string of the molecule is NC1COCC1CN1CCC(N2CCCCC2)C1. The second kappa shape index (κ2) is 5.87. The van der Waals surface area contributed by atoms with Crippen molar-refractivity contribution < 1.29 is 4.74 Å². The molecule has 0 aromatic rings. The third kappa shape index (κ3) is 2.87. The molecule has 3 aliphatic heterocycles. The molecule has 3 rings (SSSR count). The normalized spacial score (nSPS) is 39.5. The summed E-state index contributed by atoms with van der Waals surface area (Å²) < 4.78 is 5.46. The molecule has 4 nitrogen and oxygen atoms in total. The number of hydrogen-bond acceptors (Lipinski definition) is 4. The highest BCUT2D eigenvalue weighted by Gasteiger charge is 2.32. The largest absolute Gasteiger partial charge is 0.379 e. The summed E-state index contributed by atoms with van der Waals surface area (Å²) in [6, 6.07) is 1.07. The minimum atomic E-state index is 0.263. The fraction of sp³-hybridized carbons (Fsp3) is 1.00. The van der Waals surface area contributed by atoms with Crippen LogP contribution in [0.3, 0.4) is 0 Å². The van der Waals surface area contributed by atoms with E-state index < -0.39 is 0 Å². The van der Waals surface area contributed by atoms with Gasteiger partial charge < -0.3 is 15.4 Å². The quantitative estimate of drug-likeness (QED) is 0.796. The number of hydrogen-bond donors (Lipinski definition) is 1. The molecule has 3 saturated heterocycles. The van der Waals surface area contributed by atoms with E-state index in [0.29, 0.717) is 5.92 Å². The summed E-state index contributed by atoms with van der Waals surface area (Å²) in [7, 11) is 0. The summed E-state index contributed by atoms with van der Waals surface area (Å²) >= 11 is 0. The van der Waals surface area contributed by atoms with Crippen molar-refractivity contribution in [2.75, 3.05) is 45.9 Å². The lowest BCUT2D eigenvalue weighted by atomic mass is 10.0. The van der Waals surface area contributed by atoms with Crippen LogP contribution in [0.1, 0.15) is 25.7 Å². The molecule has 3 fully saturated rings. The van der Waals surface area contributed by atoms with Crippen LogP contribution in [0.25, 0.3) is 0 Å². The predicted octanol–water partition coefficient (Wildman–Crippen LogP) is 0.520. The topological polar surface area (TPSA) is 41.7 Å². The Morgan fingerprint density at radius 1 is 1.06 bits per heavy atom. The van der Waals surface area contributed by atoms with Crippen molar-refractivity contribution in [3.8, 4) is 0 Å². The highest BCUT2D eigenvalue weighted by atomic mass is 16.5. The van der Waals surface area contributed by atoms with Crippen LogP contribution in [0.2, 0.25) is 0 Å². The van der Waals surface area contributed by atoms with Crippen LogP contribution < -0.4 is 5.73 Å². The van der Waals surface area contributed by atoms with Gasteiger partial charge in [0.25, 0.3) is 0 Å². The summed E-state index contributed by atoms with van der Waals surface area (Å²) in [6.45, 7) is 7.92. The molecule has 18 heavy (non-hydrogen) atoms. The Kier molecular flexibility index (Phi) is 4.19. The van der Waals surface area contributed by atoms with E-state index in [0.717, 1.165) is 25.8 Å². The van der Waals surface area contributed by atoms with Gasteiger partial charge in [-0.1, -0.05) is 6.42 Å². The second-order valence-corrected chi connectivity index (χ2v) is 6.26. The van der Waals surface area contributed by atoms with Crippen molar-refractivity contribution in [2.45, 2.75) is 37.8 Å². The summed E-state index contributed by atoms with van der Waals surface area (Å²) in [5, 5.41) is 0. The first-order chi connectivity index (χ1) is 8.83. The highest BCUT2D eigenvalue weighted by molar-refractivity contribution is 4.88. The highest BCUT2D eigenvalue weighted by Crippen LogP contribution is 2.22. The van der Waals surface area contributed by atoms with E-state index in [9.17, 15) is 0 Å². The number of piperidine rings is 1. The first-order valence-electron chi connectivity index (χ1n) is 7.62. The van der Waals surface area contributed by atoms with Crippen LogP contribution in [0.15, 0.2) is 0 Å². The van der Waals surface area contributed by atoms with Crippen molar-refractivity contribution in [2.24, 2.45) is 11.7 Å². The zero-order valence-electron chi connectivity index (χ0n) is 11.4. The van der Waals surface area contributed by atoms with Crippen LogP contribution in [0.4, 0.5) is 0 Å². The molecule has 0 aromatic carbocycles. The molecule has 0 bridgehead atoms. The number of ether oxygens (including phenoxy) is 1. The van der Waals surface area contributed by atoms with Crippen molar-refractivity contribution in [1.82, 2.24) is 9.80 Å². The molecular formula is C14H27N3O.